The molecular weight excluding hydrogens is 466 g/mol. The molecule has 0 saturated carbocycles. The van der Waals surface area contributed by atoms with E-state index < -0.39 is 5.54 Å². The Balaban J connectivity index is 1.64. The summed E-state index contributed by atoms with van der Waals surface area (Å²) in [5, 5.41) is 8.23. The minimum atomic E-state index is -0.907. The Morgan fingerprint density at radius 2 is 1.88 bits per heavy atom. The summed E-state index contributed by atoms with van der Waals surface area (Å²) in [5.74, 6) is -0.0208. The van der Waals surface area contributed by atoms with Gasteiger partial charge in [-0.2, -0.15) is 0 Å². The van der Waals surface area contributed by atoms with E-state index in [1.54, 1.807) is 4.90 Å². The van der Waals surface area contributed by atoms with Crippen LogP contribution in [0.3, 0.4) is 0 Å². The van der Waals surface area contributed by atoms with E-state index in [1.807, 2.05) is 41.4 Å². The number of nitrogens with one attached hydrogen (secondary N) is 2. The van der Waals surface area contributed by atoms with Crippen molar-refractivity contribution in [3.8, 4) is 0 Å². The van der Waals surface area contributed by atoms with E-state index in [-0.39, 0.29) is 23.5 Å². The molecule has 2 saturated heterocycles. The van der Waals surface area contributed by atoms with Gasteiger partial charge in [-0.3, -0.25) is 14.4 Å². The van der Waals surface area contributed by atoms with Crippen LogP contribution in [0.5, 0.6) is 0 Å². The molecule has 0 bridgehead atoms. The van der Waals surface area contributed by atoms with E-state index in [4.69, 9.17) is 12.2 Å². The van der Waals surface area contributed by atoms with Gasteiger partial charge in [0.1, 0.15) is 9.86 Å². The topological polar surface area (TPSA) is 85.0 Å². The van der Waals surface area contributed by atoms with Crippen molar-refractivity contribution in [3.63, 3.8) is 0 Å². The first-order valence-electron chi connectivity index (χ1n) is 10.8. The number of hydrogen-bond acceptors (Lipinski definition) is 7. The van der Waals surface area contributed by atoms with Gasteiger partial charge in [-0.05, 0) is 43.8 Å². The summed E-state index contributed by atoms with van der Waals surface area (Å²) in [5.41, 5.74) is -0.907. The molecule has 2 N–H and O–H groups in total. The minimum Gasteiger partial charge on any atom is -0.364 e. The molecule has 0 aliphatic carbocycles. The number of carbonyl (C=O) groups excluding carboxylic acids is 3. The Bertz CT molecular complexity index is 825. The SMILES string of the molecule is CN(C)C(=S)SCC(=O)NC1(C(=O)N2CCCN(C(=O)c3cccs3)CC2)CCNCC1. The maximum atomic E-state index is 13.7. The molecule has 2 aliphatic heterocycles. The molecular formula is C21H31N5O3S3. The van der Waals surface area contributed by atoms with Crippen molar-refractivity contribution in [2.24, 2.45) is 0 Å². The molecule has 0 aromatic carbocycles. The predicted molar refractivity (Wildman–Crippen MR) is 133 cm³/mol. The second-order valence-electron chi connectivity index (χ2n) is 8.24. The first kappa shape index (κ1) is 24.9. The fourth-order valence-electron chi connectivity index (χ4n) is 3.99. The number of thiophene rings is 1. The van der Waals surface area contributed by atoms with Crippen molar-refractivity contribution in [2.45, 2.75) is 24.8 Å². The average Bonchev–Trinajstić information content (AvgIpc) is 3.21. The number of thiocarbonyl (C=S) groups is 1. The van der Waals surface area contributed by atoms with Crippen LogP contribution in [0.4, 0.5) is 0 Å². The molecule has 8 nitrogen and oxygen atoms in total. The molecule has 2 aliphatic rings. The lowest BCUT2D eigenvalue weighted by Crippen LogP contribution is -2.64. The van der Waals surface area contributed by atoms with Gasteiger partial charge in [-0.1, -0.05) is 30.0 Å². The summed E-state index contributed by atoms with van der Waals surface area (Å²) < 4.78 is 0.633. The number of nitrogens with zero attached hydrogens (tertiary/aromatic N) is 3. The Morgan fingerprint density at radius 1 is 1.19 bits per heavy atom. The molecule has 2 fully saturated rings. The molecule has 1 aromatic rings. The van der Waals surface area contributed by atoms with Gasteiger partial charge in [0.2, 0.25) is 11.8 Å². The summed E-state index contributed by atoms with van der Waals surface area (Å²) in [7, 11) is 3.69. The van der Waals surface area contributed by atoms with E-state index >= 15 is 0 Å². The summed E-state index contributed by atoms with van der Waals surface area (Å²) in [4.78, 5) is 45.3. The van der Waals surface area contributed by atoms with Crippen LogP contribution in [0.15, 0.2) is 17.5 Å². The van der Waals surface area contributed by atoms with Crippen LogP contribution in [-0.4, -0.2) is 101 Å². The van der Waals surface area contributed by atoms with E-state index in [1.165, 1.54) is 23.1 Å². The maximum Gasteiger partial charge on any atom is 0.263 e. The van der Waals surface area contributed by atoms with Gasteiger partial charge in [-0.15, -0.1) is 11.3 Å². The highest BCUT2D eigenvalue weighted by atomic mass is 32.2. The maximum absolute atomic E-state index is 13.7. The minimum absolute atomic E-state index is 0.0214. The van der Waals surface area contributed by atoms with Gasteiger partial charge < -0.3 is 25.3 Å². The van der Waals surface area contributed by atoms with Gasteiger partial charge in [0, 0.05) is 40.3 Å². The number of amides is 3. The Kier molecular flexibility index (Phi) is 8.92. The van der Waals surface area contributed by atoms with Crippen LogP contribution in [0, 0.1) is 0 Å². The summed E-state index contributed by atoms with van der Waals surface area (Å²) in [6.07, 6.45) is 1.82. The lowest BCUT2D eigenvalue weighted by atomic mass is 9.86. The molecule has 1 aromatic heterocycles. The van der Waals surface area contributed by atoms with Gasteiger partial charge in [0.15, 0.2) is 0 Å². The van der Waals surface area contributed by atoms with Crippen LogP contribution in [-0.2, 0) is 9.59 Å². The van der Waals surface area contributed by atoms with Crippen molar-refractivity contribution in [2.75, 3.05) is 59.1 Å². The quantitative estimate of drug-likeness (QED) is 0.592. The van der Waals surface area contributed by atoms with Gasteiger partial charge in [-0.25, -0.2) is 0 Å². The fourth-order valence-corrected chi connectivity index (χ4v) is 5.44. The summed E-state index contributed by atoms with van der Waals surface area (Å²) in [6.45, 7) is 3.52. The Morgan fingerprint density at radius 3 is 2.53 bits per heavy atom. The average molecular weight is 498 g/mol. The molecule has 32 heavy (non-hydrogen) atoms. The van der Waals surface area contributed by atoms with Crippen LogP contribution < -0.4 is 10.6 Å². The van der Waals surface area contributed by atoms with Gasteiger partial charge >= 0.3 is 0 Å². The molecule has 0 radical (unpaired) electrons. The van der Waals surface area contributed by atoms with E-state index in [9.17, 15) is 14.4 Å². The number of carbonyl (C=O) groups is 3. The smallest absolute Gasteiger partial charge is 0.263 e. The van der Waals surface area contributed by atoms with Crippen molar-refractivity contribution in [3.05, 3.63) is 22.4 Å². The zero-order valence-corrected chi connectivity index (χ0v) is 21.0. The van der Waals surface area contributed by atoms with Crippen LogP contribution in [0.2, 0.25) is 0 Å². The third-order valence-corrected chi connectivity index (χ3v) is 8.33. The monoisotopic (exact) mass is 497 g/mol. The summed E-state index contributed by atoms with van der Waals surface area (Å²) >= 11 is 7.98. The number of hydrogen-bond donors (Lipinski definition) is 2. The summed E-state index contributed by atoms with van der Waals surface area (Å²) in [6, 6.07) is 3.71. The molecule has 0 atom stereocenters. The first-order valence-corrected chi connectivity index (χ1v) is 13.1. The fraction of sp³-hybridized carbons (Fsp3) is 0.619. The third kappa shape index (κ3) is 6.21. The van der Waals surface area contributed by atoms with E-state index in [2.05, 4.69) is 10.6 Å². The zero-order chi connectivity index (χ0) is 23.1. The third-order valence-electron chi connectivity index (χ3n) is 5.74. The Labute approximate surface area is 203 Å². The Hall–Kier alpha value is -1.69. The van der Waals surface area contributed by atoms with Gasteiger partial charge in [0.05, 0.1) is 10.6 Å². The molecule has 176 valence electrons. The highest BCUT2D eigenvalue weighted by molar-refractivity contribution is 8.23. The number of piperidine rings is 1. The molecule has 3 amide bonds. The molecule has 0 unspecified atom stereocenters. The van der Waals surface area contributed by atoms with Crippen molar-refractivity contribution in [1.29, 1.82) is 0 Å². The lowest BCUT2D eigenvalue weighted by molar-refractivity contribution is -0.142. The zero-order valence-electron chi connectivity index (χ0n) is 18.6. The number of rotatable bonds is 5. The van der Waals surface area contributed by atoms with Crippen LogP contribution >= 0.6 is 35.3 Å². The molecule has 3 rings (SSSR count). The van der Waals surface area contributed by atoms with Crippen molar-refractivity contribution in [1.82, 2.24) is 25.3 Å². The normalized spacial score (nSPS) is 18.6. The highest BCUT2D eigenvalue weighted by Gasteiger charge is 2.43. The molecule has 11 heteroatoms. The van der Waals surface area contributed by atoms with E-state index in [0.717, 1.165) is 11.3 Å². The largest absolute Gasteiger partial charge is 0.364 e. The molecule has 0 spiro atoms. The second kappa shape index (κ2) is 11.4. The molecule has 3 heterocycles. The predicted octanol–water partition coefficient (Wildman–Crippen LogP) is 1.24. The second-order valence-corrected chi connectivity index (χ2v) is 10.8. The van der Waals surface area contributed by atoms with Crippen LogP contribution in [0.25, 0.3) is 0 Å². The van der Waals surface area contributed by atoms with Gasteiger partial charge in [0.25, 0.3) is 5.91 Å². The lowest BCUT2D eigenvalue weighted by Gasteiger charge is -2.40. The van der Waals surface area contributed by atoms with Crippen molar-refractivity contribution >= 4 is 57.4 Å². The van der Waals surface area contributed by atoms with Crippen molar-refractivity contribution < 1.29 is 14.4 Å². The first-order chi connectivity index (χ1) is 15.3. The highest BCUT2D eigenvalue weighted by Crippen LogP contribution is 2.24. The van der Waals surface area contributed by atoms with Crippen LogP contribution in [0.1, 0.15) is 28.9 Å². The van der Waals surface area contributed by atoms with E-state index in [0.29, 0.717) is 56.4 Å². The number of thioether (sulfide) groups is 1. The standard InChI is InChI=1S/C21H31N5O3S3/c1-24(2)20(30)32-15-17(27)23-21(6-8-22-9-7-21)19(29)26-11-4-10-25(12-13-26)18(28)16-5-3-14-31-16/h3,5,14,22H,4,6-13,15H2,1-2H3,(H,23,27).